The molecular weight excluding hydrogens is 358 g/mol. The van der Waals surface area contributed by atoms with E-state index in [1.807, 2.05) is 24.4 Å². The van der Waals surface area contributed by atoms with Crippen molar-refractivity contribution in [3.05, 3.63) is 30.6 Å². The molecule has 0 atom stereocenters. The molecule has 3 aromatic rings. The van der Waals surface area contributed by atoms with Crippen molar-refractivity contribution >= 4 is 22.5 Å². The third-order valence-electron chi connectivity index (χ3n) is 5.00. The average molecular weight is 379 g/mol. The quantitative estimate of drug-likeness (QED) is 0.665. The van der Waals surface area contributed by atoms with Crippen LogP contribution in [0.3, 0.4) is 0 Å². The normalized spacial score (nSPS) is 17.9. The van der Waals surface area contributed by atoms with Gasteiger partial charge >= 0.3 is 0 Å². The van der Waals surface area contributed by atoms with Crippen LogP contribution in [-0.2, 0) is 9.47 Å². The predicted octanol–water partition coefficient (Wildman–Crippen LogP) is 1.15. The van der Waals surface area contributed by atoms with E-state index in [0.717, 1.165) is 54.4 Å². The monoisotopic (exact) mass is 379 g/mol. The summed E-state index contributed by atoms with van der Waals surface area (Å²) in [6.45, 7) is 5.81. The fourth-order valence-electron chi connectivity index (χ4n) is 3.53. The number of fused-ring (bicyclic) bond motifs is 1. The van der Waals surface area contributed by atoms with Crippen LogP contribution in [0.15, 0.2) is 30.6 Å². The number of aromatic nitrogens is 5. The first kappa shape index (κ1) is 17.2. The first-order valence-electron chi connectivity index (χ1n) is 9.50. The van der Waals surface area contributed by atoms with Gasteiger partial charge in [0.2, 0.25) is 0 Å². The zero-order chi connectivity index (χ0) is 18.8. The van der Waals surface area contributed by atoms with Gasteiger partial charge in [-0.05, 0) is 12.1 Å². The minimum absolute atomic E-state index is 0.587. The number of hydrogen-bond acceptors (Lipinski definition) is 9. The number of pyridine rings is 1. The third kappa shape index (κ3) is 3.23. The SMILES string of the molecule is c1ccc(-c2ncc3c(N4CCOCC4)nnc(N4CCOCC4)c3n2)nc1. The van der Waals surface area contributed by atoms with Crippen LogP contribution in [-0.4, -0.2) is 77.8 Å². The zero-order valence-corrected chi connectivity index (χ0v) is 15.5. The van der Waals surface area contributed by atoms with E-state index >= 15 is 0 Å². The molecule has 2 aliphatic heterocycles. The van der Waals surface area contributed by atoms with Gasteiger partial charge < -0.3 is 19.3 Å². The van der Waals surface area contributed by atoms with E-state index in [2.05, 4.69) is 30.0 Å². The van der Waals surface area contributed by atoms with E-state index in [-0.39, 0.29) is 0 Å². The standard InChI is InChI=1S/C19H21N7O2/c1-2-4-20-15(3-1)17-21-13-14-16(22-17)19(26-7-11-28-12-8-26)24-23-18(14)25-5-9-27-10-6-25/h1-4,13H,5-12H2. The van der Waals surface area contributed by atoms with Crippen molar-refractivity contribution in [3.63, 3.8) is 0 Å². The lowest BCUT2D eigenvalue weighted by Gasteiger charge is -2.30. The molecule has 0 radical (unpaired) electrons. The summed E-state index contributed by atoms with van der Waals surface area (Å²) in [5.41, 5.74) is 1.54. The summed E-state index contributed by atoms with van der Waals surface area (Å²) in [6.07, 6.45) is 3.59. The van der Waals surface area contributed by atoms with Crippen molar-refractivity contribution in [2.75, 3.05) is 62.4 Å². The second kappa shape index (κ2) is 7.61. The molecule has 3 aromatic heterocycles. The Morgan fingerprint density at radius 3 is 2.14 bits per heavy atom. The second-order valence-corrected chi connectivity index (χ2v) is 6.72. The molecule has 2 saturated heterocycles. The molecule has 144 valence electrons. The maximum absolute atomic E-state index is 5.49. The second-order valence-electron chi connectivity index (χ2n) is 6.72. The molecule has 0 aromatic carbocycles. The summed E-state index contributed by atoms with van der Waals surface area (Å²) < 4.78 is 11.0. The number of ether oxygens (including phenoxy) is 2. The number of rotatable bonds is 3. The minimum Gasteiger partial charge on any atom is -0.378 e. The first-order chi connectivity index (χ1) is 13.9. The molecule has 0 aliphatic carbocycles. The van der Waals surface area contributed by atoms with Crippen molar-refractivity contribution in [1.29, 1.82) is 0 Å². The van der Waals surface area contributed by atoms with Gasteiger partial charge in [0.05, 0.1) is 31.8 Å². The van der Waals surface area contributed by atoms with Gasteiger partial charge in [-0.25, -0.2) is 9.97 Å². The van der Waals surface area contributed by atoms with Gasteiger partial charge in [-0.1, -0.05) is 6.07 Å². The molecule has 2 fully saturated rings. The van der Waals surface area contributed by atoms with Crippen LogP contribution in [0.25, 0.3) is 22.4 Å². The van der Waals surface area contributed by atoms with Gasteiger partial charge in [0.15, 0.2) is 17.5 Å². The molecule has 9 heteroatoms. The lowest BCUT2D eigenvalue weighted by molar-refractivity contribution is 0.122. The smallest absolute Gasteiger partial charge is 0.178 e. The van der Waals surface area contributed by atoms with Crippen LogP contribution in [0.2, 0.25) is 0 Å². The lowest BCUT2D eigenvalue weighted by Crippen LogP contribution is -2.38. The molecule has 0 amide bonds. The first-order valence-corrected chi connectivity index (χ1v) is 9.50. The Morgan fingerprint density at radius 2 is 1.46 bits per heavy atom. The third-order valence-corrected chi connectivity index (χ3v) is 5.00. The molecule has 0 N–H and O–H groups in total. The summed E-state index contributed by atoms with van der Waals surface area (Å²) in [4.78, 5) is 18.2. The summed E-state index contributed by atoms with van der Waals surface area (Å²) in [6, 6.07) is 5.72. The van der Waals surface area contributed by atoms with E-state index in [9.17, 15) is 0 Å². The predicted molar refractivity (Wildman–Crippen MR) is 104 cm³/mol. The van der Waals surface area contributed by atoms with Gasteiger partial charge in [-0.3, -0.25) is 4.98 Å². The van der Waals surface area contributed by atoms with E-state index in [4.69, 9.17) is 14.5 Å². The Bertz CT molecular complexity index is 957. The molecule has 0 unspecified atom stereocenters. The van der Waals surface area contributed by atoms with Gasteiger partial charge in [0, 0.05) is 38.6 Å². The van der Waals surface area contributed by atoms with Gasteiger partial charge in [-0.2, -0.15) is 0 Å². The Hall–Kier alpha value is -2.91. The van der Waals surface area contributed by atoms with Crippen molar-refractivity contribution in [3.8, 4) is 11.5 Å². The minimum atomic E-state index is 0.587. The highest BCUT2D eigenvalue weighted by molar-refractivity contribution is 5.96. The van der Waals surface area contributed by atoms with Gasteiger partial charge in [0.1, 0.15) is 11.2 Å². The van der Waals surface area contributed by atoms with Crippen LogP contribution in [0, 0.1) is 0 Å². The van der Waals surface area contributed by atoms with Crippen LogP contribution < -0.4 is 9.80 Å². The zero-order valence-electron chi connectivity index (χ0n) is 15.5. The van der Waals surface area contributed by atoms with E-state index in [0.29, 0.717) is 32.3 Å². The molecule has 5 rings (SSSR count). The van der Waals surface area contributed by atoms with Crippen molar-refractivity contribution in [2.24, 2.45) is 0 Å². The van der Waals surface area contributed by atoms with Crippen LogP contribution in [0.4, 0.5) is 11.6 Å². The average Bonchev–Trinajstić information content (AvgIpc) is 2.80. The van der Waals surface area contributed by atoms with Crippen molar-refractivity contribution in [1.82, 2.24) is 25.1 Å². The highest BCUT2D eigenvalue weighted by atomic mass is 16.5. The molecule has 0 saturated carbocycles. The lowest BCUT2D eigenvalue weighted by atomic mass is 10.2. The Morgan fingerprint density at radius 1 is 0.786 bits per heavy atom. The number of hydrogen-bond donors (Lipinski definition) is 0. The molecular formula is C19H21N7O2. The molecule has 28 heavy (non-hydrogen) atoms. The largest absolute Gasteiger partial charge is 0.378 e. The molecule has 2 aliphatic rings. The van der Waals surface area contributed by atoms with Crippen LogP contribution in [0.5, 0.6) is 0 Å². The van der Waals surface area contributed by atoms with Crippen molar-refractivity contribution < 1.29 is 9.47 Å². The number of nitrogens with zero attached hydrogens (tertiary/aromatic N) is 7. The number of anilines is 2. The summed E-state index contributed by atoms with van der Waals surface area (Å²) >= 11 is 0. The topological polar surface area (TPSA) is 89.4 Å². The van der Waals surface area contributed by atoms with Gasteiger partial charge in [0.25, 0.3) is 0 Å². The molecule has 0 spiro atoms. The van der Waals surface area contributed by atoms with E-state index < -0.39 is 0 Å². The maximum Gasteiger partial charge on any atom is 0.178 e. The Kier molecular flexibility index (Phi) is 4.67. The van der Waals surface area contributed by atoms with E-state index in [1.54, 1.807) is 6.20 Å². The Balaban J connectivity index is 1.65. The van der Waals surface area contributed by atoms with Crippen LogP contribution >= 0.6 is 0 Å². The summed E-state index contributed by atoms with van der Waals surface area (Å²) in [5, 5.41) is 10.0. The highest BCUT2D eigenvalue weighted by Crippen LogP contribution is 2.30. The van der Waals surface area contributed by atoms with E-state index in [1.165, 1.54) is 0 Å². The fourth-order valence-corrected chi connectivity index (χ4v) is 3.53. The number of morpholine rings is 2. The summed E-state index contributed by atoms with van der Waals surface area (Å²) in [5.74, 6) is 2.17. The van der Waals surface area contributed by atoms with Gasteiger partial charge in [-0.15, -0.1) is 10.2 Å². The fraction of sp³-hybridized carbons (Fsp3) is 0.421. The molecule has 0 bridgehead atoms. The Labute approximate surface area is 162 Å². The molecule has 5 heterocycles. The van der Waals surface area contributed by atoms with Crippen LogP contribution in [0.1, 0.15) is 0 Å². The summed E-state index contributed by atoms with van der Waals surface area (Å²) in [7, 11) is 0. The highest BCUT2D eigenvalue weighted by Gasteiger charge is 2.23. The molecule has 9 nitrogen and oxygen atoms in total. The van der Waals surface area contributed by atoms with Crippen molar-refractivity contribution in [2.45, 2.75) is 0 Å². The maximum atomic E-state index is 5.49.